The molecule has 2 aromatic carbocycles. The summed E-state index contributed by atoms with van der Waals surface area (Å²) in [6.07, 6.45) is 3.24. The number of carbonyl (C=O) groups is 3. The van der Waals surface area contributed by atoms with E-state index in [9.17, 15) is 18.8 Å². The van der Waals surface area contributed by atoms with E-state index in [-0.39, 0.29) is 17.8 Å². The molecule has 2 amide bonds. The molecule has 1 aliphatic rings. The number of anilines is 1. The van der Waals surface area contributed by atoms with Crippen molar-refractivity contribution >= 4 is 35.1 Å². The molecule has 0 aliphatic carbocycles. The average Bonchev–Trinajstić information content (AvgIpc) is 3.02. The molecule has 7 heteroatoms. The van der Waals surface area contributed by atoms with Crippen LogP contribution in [0.25, 0.3) is 11.6 Å². The second kappa shape index (κ2) is 9.14. The first-order valence-corrected chi connectivity index (χ1v) is 9.26. The summed E-state index contributed by atoms with van der Waals surface area (Å²) in [6.45, 7) is 0.441. The van der Waals surface area contributed by atoms with Crippen molar-refractivity contribution < 1.29 is 23.5 Å². The van der Waals surface area contributed by atoms with E-state index in [1.165, 1.54) is 25.3 Å². The lowest BCUT2D eigenvalue weighted by Crippen LogP contribution is -2.24. The van der Waals surface area contributed by atoms with Gasteiger partial charge < -0.3 is 15.4 Å². The van der Waals surface area contributed by atoms with Crippen LogP contribution in [0.3, 0.4) is 0 Å². The molecule has 0 aromatic heterocycles. The fourth-order valence-corrected chi connectivity index (χ4v) is 3.04. The SMILES string of the molecule is COC(=O)CCCCNC(=O)c1cccc(/C=C2\C(=O)Nc3ccc(F)cc32)c1. The number of nitrogens with one attached hydrogen (secondary N) is 2. The van der Waals surface area contributed by atoms with E-state index < -0.39 is 5.82 Å². The summed E-state index contributed by atoms with van der Waals surface area (Å²) in [5.74, 6) is -1.25. The molecule has 150 valence electrons. The third kappa shape index (κ3) is 5.07. The predicted octanol–water partition coefficient (Wildman–Crippen LogP) is 3.39. The number of halogens is 1. The Hall–Kier alpha value is -3.48. The van der Waals surface area contributed by atoms with Gasteiger partial charge in [0.15, 0.2) is 0 Å². The summed E-state index contributed by atoms with van der Waals surface area (Å²) in [5.41, 5.74) is 2.51. The molecule has 0 saturated heterocycles. The quantitative estimate of drug-likeness (QED) is 0.427. The van der Waals surface area contributed by atoms with Gasteiger partial charge in [-0.05, 0) is 54.8 Å². The molecule has 1 aliphatic heterocycles. The highest BCUT2D eigenvalue weighted by molar-refractivity contribution is 6.34. The Balaban J connectivity index is 1.66. The van der Waals surface area contributed by atoms with Gasteiger partial charge in [0, 0.05) is 35.4 Å². The number of hydrogen-bond donors (Lipinski definition) is 2. The van der Waals surface area contributed by atoms with E-state index in [0.717, 1.165) is 0 Å². The van der Waals surface area contributed by atoms with Crippen LogP contribution in [-0.4, -0.2) is 31.4 Å². The number of rotatable bonds is 7. The highest BCUT2D eigenvalue weighted by Gasteiger charge is 2.24. The number of amides is 2. The van der Waals surface area contributed by atoms with Gasteiger partial charge in [0.1, 0.15) is 5.82 Å². The minimum atomic E-state index is -0.425. The molecular formula is C22H21FN2O4. The van der Waals surface area contributed by atoms with Crippen LogP contribution in [0.5, 0.6) is 0 Å². The zero-order valence-electron chi connectivity index (χ0n) is 16.0. The van der Waals surface area contributed by atoms with Gasteiger partial charge in [-0.1, -0.05) is 12.1 Å². The van der Waals surface area contributed by atoms with Crippen LogP contribution in [0.1, 0.15) is 40.7 Å². The lowest BCUT2D eigenvalue weighted by molar-refractivity contribution is -0.140. The molecule has 2 aromatic rings. The molecule has 1 heterocycles. The van der Waals surface area contributed by atoms with Crippen LogP contribution < -0.4 is 10.6 Å². The maximum Gasteiger partial charge on any atom is 0.305 e. The first-order chi connectivity index (χ1) is 14.0. The summed E-state index contributed by atoms with van der Waals surface area (Å²) in [7, 11) is 1.34. The highest BCUT2D eigenvalue weighted by atomic mass is 19.1. The zero-order chi connectivity index (χ0) is 20.8. The van der Waals surface area contributed by atoms with Gasteiger partial charge in [0.2, 0.25) is 0 Å². The molecule has 2 N–H and O–H groups in total. The number of benzene rings is 2. The van der Waals surface area contributed by atoms with E-state index in [2.05, 4.69) is 15.4 Å². The molecule has 0 radical (unpaired) electrons. The van der Waals surface area contributed by atoms with Gasteiger partial charge in [0.25, 0.3) is 11.8 Å². The van der Waals surface area contributed by atoms with Crippen molar-refractivity contribution in [1.29, 1.82) is 0 Å². The molecule has 29 heavy (non-hydrogen) atoms. The molecule has 3 rings (SSSR count). The van der Waals surface area contributed by atoms with Crippen molar-refractivity contribution in [3.8, 4) is 0 Å². The fourth-order valence-electron chi connectivity index (χ4n) is 3.04. The van der Waals surface area contributed by atoms with E-state index >= 15 is 0 Å². The van der Waals surface area contributed by atoms with Crippen molar-refractivity contribution in [2.75, 3.05) is 19.0 Å². The van der Waals surface area contributed by atoms with Crippen molar-refractivity contribution in [1.82, 2.24) is 5.32 Å². The van der Waals surface area contributed by atoms with Crippen LogP contribution in [0.15, 0.2) is 42.5 Å². The number of carbonyl (C=O) groups excluding carboxylic acids is 3. The number of esters is 1. The smallest absolute Gasteiger partial charge is 0.305 e. The molecule has 0 fully saturated rings. The van der Waals surface area contributed by atoms with Crippen molar-refractivity contribution in [3.05, 3.63) is 65.0 Å². The molecule has 0 saturated carbocycles. The molecule has 0 atom stereocenters. The predicted molar refractivity (Wildman–Crippen MR) is 108 cm³/mol. The Bertz CT molecular complexity index is 985. The first-order valence-electron chi connectivity index (χ1n) is 9.26. The fraction of sp³-hybridized carbons (Fsp3) is 0.227. The summed E-state index contributed by atoms with van der Waals surface area (Å²) in [4.78, 5) is 35.6. The standard InChI is InChI=1S/C22H21FN2O4/c1-29-20(26)7-2-3-10-24-21(27)15-6-4-5-14(11-15)12-18-17-13-16(23)8-9-19(17)25-22(18)28/h4-6,8-9,11-13H,2-3,7,10H2,1H3,(H,24,27)(H,25,28)/b18-12-. The summed E-state index contributed by atoms with van der Waals surface area (Å²) < 4.78 is 18.1. The lowest BCUT2D eigenvalue weighted by Gasteiger charge is -2.06. The number of fused-ring (bicyclic) bond motifs is 1. The van der Waals surface area contributed by atoms with Gasteiger partial charge in [0.05, 0.1) is 7.11 Å². The number of hydrogen-bond acceptors (Lipinski definition) is 4. The van der Waals surface area contributed by atoms with Crippen LogP contribution in [0.4, 0.5) is 10.1 Å². The van der Waals surface area contributed by atoms with Gasteiger partial charge in [-0.2, -0.15) is 0 Å². The Labute approximate surface area is 167 Å². The number of ether oxygens (including phenoxy) is 1. The van der Waals surface area contributed by atoms with E-state index in [0.29, 0.717) is 53.8 Å². The molecule has 0 spiro atoms. The largest absolute Gasteiger partial charge is 0.469 e. The Kier molecular flexibility index (Phi) is 6.39. The van der Waals surface area contributed by atoms with Gasteiger partial charge in [-0.3, -0.25) is 14.4 Å². The van der Waals surface area contributed by atoms with Crippen LogP contribution >= 0.6 is 0 Å². The van der Waals surface area contributed by atoms with E-state index in [4.69, 9.17) is 0 Å². The molecular weight excluding hydrogens is 375 g/mol. The van der Waals surface area contributed by atoms with Gasteiger partial charge in [-0.15, -0.1) is 0 Å². The third-order valence-electron chi connectivity index (χ3n) is 4.55. The monoisotopic (exact) mass is 396 g/mol. The Morgan fingerprint density at radius 3 is 2.79 bits per heavy atom. The van der Waals surface area contributed by atoms with Crippen molar-refractivity contribution in [3.63, 3.8) is 0 Å². The maximum absolute atomic E-state index is 13.6. The summed E-state index contributed by atoms with van der Waals surface area (Å²) in [5, 5.41) is 5.50. The third-order valence-corrected chi connectivity index (χ3v) is 4.55. The minimum Gasteiger partial charge on any atom is -0.469 e. The Morgan fingerprint density at radius 1 is 1.17 bits per heavy atom. The summed E-state index contributed by atoms with van der Waals surface area (Å²) in [6, 6.07) is 11.0. The summed E-state index contributed by atoms with van der Waals surface area (Å²) >= 11 is 0. The minimum absolute atomic E-state index is 0.245. The normalized spacial score (nSPS) is 13.7. The number of methoxy groups -OCH3 is 1. The first kappa shape index (κ1) is 20.3. The van der Waals surface area contributed by atoms with E-state index in [1.54, 1.807) is 30.3 Å². The van der Waals surface area contributed by atoms with E-state index in [1.807, 2.05) is 0 Å². The van der Waals surface area contributed by atoms with Gasteiger partial charge >= 0.3 is 5.97 Å². The highest BCUT2D eigenvalue weighted by Crippen LogP contribution is 2.33. The average molecular weight is 396 g/mol. The second-order valence-electron chi connectivity index (χ2n) is 6.62. The van der Waals surface area contributed by atoms with Crippen molar-refractivity contribution in [2.24, 2.45) is 0 Å². The maximum atomic E-state index is 13.6. The number of unbranched alkanes of at least 4 members (excludes halogenated alkanes) is 1. The Morgan fingerprint density at radius 2 is 2.00 bits per heavy atom. The zero-order valence-corrected chi connectivity index (χ0v) is 16.0. The second-order valence-corrected chi connectivity index (χ2v) is 6.62. The molecule has 0 bridgehead atoms. The topological polar surface area (TPSA) is 84.5 Å². The van der Waals surface area contributed by atoms with Crippen LogP contribution in [0, 0.1) is 5.82 Å². The van der Waals surface area contributed by atoms with Gasteiger partial charge in [-0.25, -0.2) is 4.39 Å². The lowest BCUT2D eigenvalue weighted by atomic mass is 10.0. The van der Waals surface area contributed by atoms with Crippen LogP contribution in [-0.2, 0) is 14.3 Å². The van der Waals surface area contributed by atoms with Crippen molar-refractivity contribution in [2.45, 2.75) is 19.3 Å². The van der Waals surface area contributed by atoms with Crippen LogP contribution in [0.2, 0.25) is 0 Å². The molecule has 6 nitrogen and oxygen atoms in total. The molecule has 0 unspecified atom stereocenters.